The summed E-state index contributed by atoms with van der Waals surface area (Å²) in [5.74, 6) is 0.910. The molecule has 202 valence electrons. The molecule has 0 aromatic carbocycles. The molecule has 0 N–H and O–H groups in total. The van der Waals surface area contributed by atoms with Crippen LogP contribution < -0.4 is 0 Å². The minimum atomic E-state index is 0.910. The second kappa shape index (κ2) is 24.1. The predicted molar refractivity (Wildman–Crippen MR) is 165 cm³/mol. The number of hydrogen-bond acceptors (Lipinski definition) is 0. The number of allylic oxidation sites excluding steroid dienone is 11. The number of hydrogen-bond donors (Lipinski definition) is 0. The van der Waals surface area contributed by atoms with Crippen molar-refractivity contribution in [1.82, 2.24) is 0 Å². The lowest BCUT2D eigenvalue weighted by Gasteiger charge is -2.18. The highest BCUT2D eigenvalue weighted by atomic mass is 14.2. The predicted octanol–water partition coefficient (Wildman–Crippen LogP) is 12.7. The van der Waals surface area contributed by atoms with Gasteiger partial charge in [-0.15, -0.1) is 0 Å². The Labute approximate surface area is 222 Å². The van der Waals surface area contributed by atoms with Crippen LogP contribution >= 0.6 is 0 Å². The van der Waals surface area contributed by atoms with Gasteiger partial charge in [-0.05, 0) is 125 Å². The Kier molecular flexibility index (Phi) is 24.6. The Bertz CT molecular complexity index is 682. The van der Waals surface area contributed by atoms with E-state index >= 15 is 0 Å². The van der Waals surface area contributed by atoms with Crippen molar-refractivity contribution in [1.29, 1.82) is 0 Å². The van der Waals surface area contributed by atoms with Crippen molar-refractivity contribution in [3.05, 3.63) is 70.4 Å². The van der Waals surface area contributed by atoms with Crippen LogP contribution in [0, 0.1) is 5.92 Å². The zero-order valence-electron chi connectivity index (χ0n) is 25.7. The molecule has 0 radical (unpaired) electrons. The lowest BCUT2D eigenvalue weighted by Crippen LogP contribution is -2.02. The summed E-state index contributed by atoms with van der Waals surface area (Å²) < 4.78 is 0. The van der Waals surface area contributed by atoms with Gasteiger partial charge in [-0.25, -0.2) is 0 Å². The Morgan fingerprint density at radius 3 is 1.74 bits per heavy atom. The van der Waals surface area contributed by atoms with Crippen LogP contribution in [0.25, 0.3) is 0 Å². The second-order valence-corrected chi connectivity index (χ2v) is 10.7. The van der Waals surface area contributed by atoms with Crippen LogP contribution in [0.2, 0.25) is 0 Å². The van der Waals surface area contributed by atoms with E-state index in [1.54, 1.807) is 11.1 Å². The molecule has 0 heteroatoms. The molecule has 0 fully saturated rings. The van der Waals surface area contributed by atoms with E-state index in [2.05, 4.69) is 92.3 Å². The third-order valence-electron chi connectivity index (χ3n) is 6.33. The smallest absolute Gasteiger partial charge is 0.0285 e. The minimum absolute atomic E-state index is 0.910. The number of rotatable bonds is 13. The molecule has 0 aromatic rings. The van der Waals surface area contributed by atoms with Gasteiger partial charge in [0.1, 0.15) is 0 Å². The Morgan fingerprint density at radius 2 is 1.29 bits per heavy atom. The summed E-state index contributed by atoms with van der Waals surface area (Å²) >= 11 is 0. The Hall–Kier alpha value is -1.56. The van der Waals surface area contributed by atoms with Crippen LogP contribution in [0.1, 0.15) is 146 Å². The molecule has 1 aliphatic rings. The standard InChI is InChI=1S/C18H30.C15H26.C2H6/c1-15(2)8-5-9-16(3)10-6-12-18-13-7-11-17(4)14-18;1-6-14(4)10-8-12-15(5)11-7-9-13(2)3;1-2/h8,10,13,17H,5-7,9,11-12,14H2,1-4H3;9,12H,4,6-8,10-11H2,1-3,5H3;1-2H3/b16-10+;15-12+;. The average molecular weight is 483 g/mol. The van der Waals surface area contributed by atoms with Gasteiger partial charge in [-0.1, -0.05) is 98.1 Å². The van der Waals surface area contributed by atoms with E-state index < -0.39 is 0 Å². The summed E-state index contributed by atoms with van der Waals surface area (Å²) in [6.07, 6.45) is 26.7. The third-order valence-corrected chi connectivity index (χ3v) is 6.33. The third kappa shape index (κ3) is 25.3. The van der Waals surface area contributed by atoms with E-state index in [1.807, 2.05) is 13.8 Å². The molecule has 1 atom stereocenters. The van der Waals surface area contributed by atoms with Gasteiger partial charge in [0.2, 0.25) is 0 Å². The SMILES string of the molecule is C=C(CC)CC/C=C(\C)CCC=C(C)C.CC.CC(C)=CCC/C(C)=C/CCC1=CCCC(C)C1. The molecule has 0 saturated heterocycles. The Balaban J connectivity index is 0. The van der Waals surface area contributed by atoms with Crippen LogP contribution in [-0.2, 0) is 0 Å². The van der Waals surface area contributed by atoms with Crippen molar-refractivity contribution in [2.75, 3.05) is 0 Å². The van der Waals surface area contributed by atoms with Crippen LogP contribution in [-0.4, -0.2) is 0 Å². The monoisotopic (exact) mass is 482 g/mol. The first-order valence-corrected chi connectivity index (χ1v) is 14.6. The maximum Gasteiger partial charge on any atom is -0.0285 e. The average Bonchev–Trinajstić information content (AvgIpc) is 2.80. The summed E-state index contributed by atoms with van der Waals surface area (Å²) in [7, 11) is 0. The van der Waals surface area contributed by atoms with E-state index in [0.717, 1.165) is 25.2 Å². The molecule has 0 aromatic heterocycles. The van der Waals surface area contributed by atoms with E-state index in [4.69, 9.17) is 0 Å². The van der Waals surface area contributed by atoms with Gasteiger partial charge in [-0.2, -0.15) is 0 Å². The highest BCUT2D eigenvalue weighted by Gasteiger charge is 2.09. The molecule has 0 nitrogen and oxygen atoms in total. The van der Waals surface area contributed by atoms with E-state index in [0.29, 0.717) is 0 Å². The molecule has 0 heterocycles. The van der Waals surface area contributed by atoms with Crippen LogP contribution in [0.3, 0.4) is 0 Å². The van der Waals surface area contributed by atoms with Crippen molar-refractivity contribution >= 4 is 0 Å². The molecule has 0 amide bonds. The molecule has 1 unspecified atom stereocenters. The van der Waals surface area contributed by atoms with Crippen LogP contribution in [0.4, 0.5) is 0 Å². The van der Waals surface area contributed by atoms with Gasteiger partial charge in [0.05, 0.1) is 0 Å². The maximum absolute atomic E-state index is 4.02. The molecule has 0 bridgehead atoms. The fourth-order valence-electron chi connectivity index (χ4n) is 3.99. The van der Waals surface area contributed by atoms with Crippen molar-refractivity contribution in [3.63, 3.8) is 0 Å². The molecular formula is C35H62. The second-order valence-electron chi connectivity index (χ2n) is 10.7. The molecule has 1 aliphatic carbocycles. The van der Waals surface area contributed by atoms with Crippen molar-refractivity contribution in [3.8, 4) is 0 Å². The minimum Gasteiger partial charge on any atom is -0.0999 e. The molecule has 0 aliphatic heterocycles. The first-order chi connectivity index (χ1) is 16.6. The van der Waals surface area contributed by atoms with Gasteiger partial charge in [0.25, 0.3) is 0 Å². The summed E-state index contributed by atoms with van der Waals surface area (Å²) in [6, 6.07) is 0. The summed E-state index contributed by atoms with van der Waals surface area (Å²) in [5.41, 5.74) is 8.98. The van der Waals surface area contributed by atoms with Gasteiger partial charge >= 0.3 is 0 Å². The van der Waals surface area contributed by atoms with Crippen LogP contribution in [0.15, 0.2) is 70.4 Å². The summed E-state index contributed by atoms with van der Waals surface area (Å²) in [5, 5.41) is 0. The lowest BCUT2D eigenvalue weighted by atomic mass is 9.88. The van der Waals surface area contributed by atoms with E-state index in [1.165, 1.54) is 80.1 Å². The largest absolute Gasteiger partial charge is 0.0999 e. The van der Waals surface area contributed by atoms with Gasteiger partial charge in [0, 0.05) is 0 Å². The molecule has 0 saturated carbocycles. The molecule has 35 heavy (non-hydrogen) atoms. The van der Waals surface area contributed by atoms with Crippen molar-refractivity contribution < 1.29 is 0 Å². The quantitative estimate of drug-likeness (QED) is 0.229. The zero-order valence-corrected chi connectivity index (χ0v) is 25.7. The first-order valence-electron chi connectivity index (χ1n) is 14.6. The fourth-order valence-corrected chi connectivity index (χ4v) is 3.99. The molecule has 0 spiro atoms. The highest BCUT2D eigenvalue weighted by molar-refractivity contribution is 5.09. The maximum atomic E-state index is 4.02. The fraction of sp³-hybridized carbons (Fsp3) is 0.657. The van der Waals surface area contributed by atoms with E-state index in [9.17, 15) is 0 Å². The summed E-state index contributed by atoms with van der Waals surface area (Å²) in [4.78, 5) is 0. The van der Waals surface area contributed by atoms with Gasteiger partial charge in [0.15, 0.2) is 0 Å². The van der Waals surface area contributed by atoms with Crippen molar-refractivity contribution in [2.45, 2.75) is 146 Å². The highest BCUT2D eigenvalue weighted by Crippen LogP contribution is 2.26. The molecular weight excluding hydrogens is 420 g/mol. The zero-order chi connectivity index (χ0) is 27.1. The summed E-state index contributed by atoms with van der Waals surface area (Å²) in [6.45, 7) is 25.7. The van der Waals surface area contributed by atoms with Gasteiger partial charge in [-0.3, -0.25) is 0 Å². The van der Waals surface area contributed by atoms with Crippen LogP contribution in [0.5, 0.6) is 0 Å². The lowest BCUT2D eigenvalue weighted by molar-refractivity contribution is 0.500. The van der Waals surface area contributed by atoms with Gasteiger partial charge < -0.3 is 0 Å². The Morgan fingerprint density at radius 1 is 0.800 bits per heavy atom. The topological polar surface area (TPSA) is 0 Å². The van der Waals surface area contributed by atoms with E-state index in [-0.39, 0.29) is 0 Å². The van der Waals surface area contributed by atoms with Crippen molar-refractivity contribution in [2.24, 2.45) is 5.92 Å². The first kappa shape index (κ1) is 35.6. The molecule has 1 rings (SSSR count). The normalized spacial score (nSPS) is 15.6.